The summed E-state index contributed by atoms with van der Waals surface area (Å²) < 4.78 is 13.4. The first-order valence-electron chi connectivity index (χ1n) is 11.8. The van der Waals surface area contributed by atoms with Crippen LogP contribution in [-0.2, 0) is 34.2 Å². The number of carbonyl (C=O) groups is 2. The first-order valence-corrected chi connectivity index (χ1v) is 11.8. The molecule has 7 heteroatoms. The molecule has 1 aromatic heterocycles. The molecular weight excluding hydrogens is 406 g/mol. The highest BCUT2D eigenvalue weighted by atomic mass is 16.5. The van der Waals surface area contributed by atoms with Crippen LogP contribution in [0.5, 0.6) is 0 Å². The molecule has 176 valence electrons. The van der Waals surface area contributed by atoms with E-state index in [1.807, 2.05) is 20.0 Å². The van der Waals surface area contributed by atoms with Gasteiger partial charge in [0.2, 0.25) is 5.91 Å². The fourth-order valence-corrected chi connectivity index (χ4v) is 4.49. The van der Waals surface area contributed by atoms with Crippen molar-refractivity contribution in [3.63, 3.8) is 0 Å². The molecule has 3 N–H and O–H groups in total. The molecule has 0 saturated carbocycles. The summed E-state index contributed by atoms with van der Waals surface area (Å²) in [6, 6.07) is 3.99. The highest BCUT2D eigenvalue weighted by Crippen LogP contribution is 2.31. The lowest BCUT2D eigenvalue weighted by Gasteiger charge is -2.23. The maximum Gasteiger partial charge on any atom is 0.338 e. The zero-order valence-corrected chi connectivity index (χ0v) is 19.7. The number of nitrogens with one attached hydrogen (secondary N) is 1. The molecule has 7 nitrogen and oxygen atoms in total. The number of ether oxygens (including phenoxy) is 2. The Morgan fingerprint density at radius 2 is 2.09 bits per heavy atom. The van der Waals surface area contributed by atoms with Crippen molar-refractivity contribution < 1.29 is 19.1 Å². The van der Waals surface area contributed by atoms with Crippen molar-refractivity contribution in [2.24, 2.45) is 12.8 Å². The maximum atomic E-state index is 12.8. The Labute approximate surface area is 190 Å². The number of amides is 1. The van der Waals surface area contributed by atoms with Crippen LogP contribution in [0.25, 0.3) is 10.9 Å². The monoisotopic (exact) mass is 443 g/mol. The predicted octanol–water partition coefficient (Wildman–Crippen LogP) is 3.17. The van der Waals surface area contributed by atoms with E-state index in [0.717, 1.165) is 55.2 Å². The first kappa shape index (κ1) is 24.3. The molecule has 1 aromatic carbocycles. The Bertz CT molecular complexity index is 945. The van der Waals surface area contributed by atoms with E-state index >= 15 is 0 Å². The van der Waals surface area contributed by atoms with Crippen molar-refractivity contribution in [2.45, 2.75) is 64.9 Å². The van der Waals surface area contributed by atoms with Gasteiger partial charge in [0.05, 0.1) is 24.9 Å². The first-order chi connectivity index (χ1) is 15.4. The third kappa shape index (κ3) is 5.90. The van der Waals surface area contributed by atoms with Crippen LogP contribution in [0, 0.1) is 6.92 Å². The van der Waals surface area contributed by atoms with Crippen LogP contribution in [0.4, 0.5) is 0 Å². The van der Waals surface area contributed by atoms with Gasteiger partial charge in [0.15, 0.2) is 0 Å². The minimum absolute atomic E-state index is 0.0893. The number of fused-ring (bicyclic) bond motifs is 1. The standard InChI is InChI=1S/C25H37N3O4/c1-4-5-6-7-22-19(8-9-24(26)29)21-14-17(2)20(15-23(21)28(22)3)25(30)32-12-10-18-16-27-11-13-31-18/h14-15,18,27H,4-13,16H2,1-3H3,(H2,26,29). The molecule has 1 fully saturated rings. The van der Waals surface area contributed by atoms with Crippen molar-refractivity contribution in [1.82, 2.24) is 9.88 Å². The van der Waals surface area contributed by atoms with Gasteiger partial charge in [-0.3, -0.25) is 4.79 Å². The molecule has 1 aliphatic rings. The van der Waals surface area contributed by atoms with Crippen LogP contribution in [0.15, 0.2) is 12.1 Å². The molecule has 1 saturated heterocycles. The minimum Gasteiger partial charge on any atom is -0.462 e. The second kappa shape index (κ2) is 11.5. The second-order valence-electron chi connectivity index (χ2n) is 8.71. The lowest BCUT2D eigenvalue weighted by Crippen LogP contribution is -2.39. The van der Waals surface area contributed by atoms with Gasteiger partial charge in [0, 0.05) is 49.6 Å². The Hall–Kier alpha value is -2.38. The summed E-state index contributed by atoms with van der Waals surface area (Å²) in [6.07, 6.45) is 6.06. The molecular formula is C25H37N3O4. The van der Waals surface area contributed by atoms with Crippen molar-refractivity contribution in [3.8, 4) is 0 Å². The smallest absolute Gasteiger partial charge is 0.338 e. The molecule has 0 spiro atoms. The molecule has 1 aliphatic heterocycles. The minimum atomic E-state index is -0.305. The van der Waals surface area contributed by atoms with Crippen molar-refractivity contribution in [3.05, 3.63) is 34.5 Å². The summed E-state index contributed by atoms with van der Waals surface area (Å²) in [5.41, 5.74) is 10.3. The number of nitrogens with zero attached hydrogens (tertiary/aromatic N) is 1. The van der Waals surface area contributed by atoms with E-state index < -0.39 is 0 Å². The number of aromatic nitrogens is 1. The van der Waals surface area contributed by atoms with Gasteiger partial charge >= 0.3 is 5.97 Å². The summed E-state index contributed by atoms with van der Waals surface area (Å²) in [5.74, 6) is -0.601. The summed E-state index contributed by atoms with van der Waals surface area (Å²) >= 11 is 0. The summed E-state index contributed by atoms with van der Waals surface area (Å²) in [6.45, 7) is 6.82. The fraction of sp³-hybridized carbons (Fsp3) is 0.600. The van der Waals surface area contributed by atoms with Crippen LogP contribution in [0.3, 0.4) is 0 Å². The molecule has 0 aliphatic carbocycles. The van der Waals surface area contributed by atoms with Gasteiger partial charge in [-0.15, -0.1) is 0 Å². The van der Waals surface area contributed by atoms with Crippen molar-refractivity contribution >= 4 is 22.8 Å². The molecule has 3 rings (SSSR count). The van der Waals surface area contributed by atoms with Gasteiger partial charge in [-0.1, -0.05) is 19.8 Å². The molecule has 1 atom stereocenters. The topological polar surface area (TPSA) is 95.6 Å². The van der Waals surface area contributed by atoms with Gasteiger partial charge in [-0.25, -0.2) is 4.79 Å². The van der Waals surface area contributed by atoms with E-state index in [1.54, 1.807) is 0 Å². The Kier molecular flexibility index (Phi) is 8.70. The van der Waals surface area contributed by atoms with Crippen LogP contribution < -0.4 is 11.1 Å². The van der Waals surface area contributed by atoms with E-state index in [-0.39, 0.29) is 18.0 Å². The number of aryl methyl sites for hydroxylation is 3. The zero-order chi connectivity index (χ0) is 23.1. The van der Waals surface area contributed by atoms with E-state index in [2.05, 4.69) is 22.9 Å². The molecule has 1 unspecified atom stereocenters. The molecule has 32 heavy (non-hydrogen) atoms. The number of hydrogen-bond acceptors (Lipinski definition) is 5. The predicted molar refractivity (Wildman–Crippen MR) is 126 cm³/mol. The van der Waals surface area contributed by atoms with E-state index in [9.17, 15) is 9.59 Å². The summed E-state index contributed by atoms with van der Waals surface area (Å²) in [4.78, 5) is 24.3. The summed E-state index contributed by atoms with van der Waals surface area (Å²) in [5, 5.41) is 4.38. The van der Waals surface area contributed by atoms with Crippen molar-refractivity contribution in [2.75, 3.05) is 26.3 Å². The number of nitrogens with two attached hydrogens (primary N) is 1. The molecule has 2 aromatic rings. The Balaban J connectivity index is 1.82. The Morgan fingerprint density at radius 3 is 2.78 bits per heavy atom. The normalized spacial score (nSPS) is 16.4. The number of benzene rings is 1. The highest BCUT2D eigenvalue weighted by molar-refractivity contribution is 5.98. The number of esters is 1. The van der Waals surface area contributed by atoms with E-state index in [0.29, 0.717) is 38.0 Å². The molecule has 0 bridgehead atoms. The Morgan fingerprint density at radius 1 is 1.28 bits per heavy atom. The van der Waals surface area contributed by atoms with Gasteiger partial charge in [0.25, 0.3) is 0 Å². The molecule has 2 heterocycles. The van der Waals surface area contributed by atoms with E-state index in [4.69, 9.17) is 15.2 Å². The number of unbranched alkanes of at least 4 members (excludes halogenated alkanes) is 2. The third-order valence-electron chi connectivity index (χ3n) is 6.32. The molecule has 0 radical (unpaired) electrons. The average molecular weight is 444 g/mol. The quantitative estimate of drug-likeness (QED) is 0.411. The van der Waals surface area contributed by atoms with Crippen LogP contribution >= 0.6 is 0 Å². The lowest BCUT2D eigenvalue weighted by molar-refractivity contribution is -0.117. The van der Waals surface area contributed by atoms with Crippen LogP contribution in [0.1, 0.15) is 66.2 Å². The number of carbonyl (C=O) groups excluding carboxylic acids is 2. The third-order valence-corrected chi connectivity index (χ3v) is 6.32. The number of morpholine rings is 1. The maximum absolute atomic E-state index is 12.8. The largest absolute Gasteiger partial charge is 0.462 e. The van der Waals surface area contributed by atoms with E-state index in [1.165, 1.54) is 11.3 Å². The second-order valence-corrected chi connectivity index (χ2v) is 8.71. The number of rotatable bonds is 11. The van der Waals surface area contributed by atoms with Crippen molar-refractivity contribution in [1.29, 1.82) is 0 Å². The number of hydrogen-bond donors (Lipinski definition) is 2. The number of primary amides is 1. The highest BCUT2D eigenvalue weighted by Gasteiger charge is 2.20. The fourth-order valence-electron chi connectivity index (χ4n) is 4.49. The molecule has 1 amide bonds. The lowest BCUT2D eigenvalue weighted by atomic mass is 9.99. The van der Waals surface area contributed by atoms with Gasteiger partial charge in [0.1, 0.15) is 0 Å². The van der Waals surface area contributed by atoms with Crippen LogP contribution in [-0.4, -0.2) is 48.9 Å². The van der Waals surface area contributed by atoms with Gasteiger partial charge in [-0.05, 0) is 49.4 Å². The van der Waals surface area contributed by atoms with Crippen LogP contribution in [0.2, 0.25) is 0 Å². The zero-order valence-electron chi connectivity index (χ0n) is 19.7. The van der Waals surface area contributed by atoms with Gasteiger partial charge in [-0.2, -0.15) is 0 Å². The SMILES string of the molecule is CCCCCc1c(CCC(N)=O)c2cc(C)c(C(=O)OCCC3CNCCO3)cc2n1C. The van der Waals surface area contributed by atoms with Gasteiger partial charge < -0.3 is 25.1 Å². The average Bonchev–Trinajstić information content (AvgIpc) is 3.02. The summed E-state index contributed by atoms with van der Waals surface area (Å²) in [7, 11) is 2.04.